The van der Waals surface area contributed by atoms with Crippen molar-refractivity contribution in [2.75, 3.05) is 44.7 Å². The number of nitrogens with one attached hydrogen (secondary N) is 1. The molecular formula is C26H35N4O6. The summed E-state index contributed by atoms with van der Waals surface area (Å²) in [4.78, 5) is 54.6. The normalized spacial score (nSPS) is 20.3. The van der Waals surface area contributed by atoms with Gasteiger partial charge in [-0.05, 0) is 70.1 Å². The van der Waals surface area contributed by atoms with Crippen LogP contribution in [-0.4, -0.2) is 79.2 Å². The molecule has 0 unspecified atom stereocenters. The fourth-order valence-corrected chi connectivity index (χ4v) is 4.97. The maximum absolute atomic E-state index is 13.3. The Hall–Kier alpha value is -3.30. The van der Waals surface area contributed by atoms with Crippen molar-refractivity contribution in [2.24, 2.45) is 5.41 Å². The van der Waals surface area contributed by atoms with Crippen LogP contribution in [-0.2, 0) is 9.53 Å². The molecule has 3 aliphatic rings. The Morgan fingerprint density at radius 3 is 2.22 bits per heavy atom. The molecule has 0 bridgehead atoms. The van der Waals surface area contributed by atoms with Gasteiger partial charge in [-0.25, -0.2) is 9.59 Å². The van der Waals surface area contributed by atoms with Crippen LogP contribution in [0.4, 0.5) is 15.3 Å². The number of imide groups is 1. The minimum atomic E-state index is -0.526. The first kappa shape index (κ1) is 25.8. The van der Waals surface area contributed by atoms with Gasteiger partial charge in [0.05, 0.1) is 12.8 Å². The smallest absolute Gasteiger partial charge is 0.410 e. The third-order valence-corrected chi connectivity index (χ3v) is 7.09. The van der Waals surface area contributed by atoms with Crippen LogP contribution in [0.25, 0.3) is 0 Å². The molecule has 0 atom stereocenters. The number of hydrogen-bond acceptors (Lipinski definition) is 6. The summed E-state index contributed by atoms with van der Waals surface area (Å²) < 4.78 is 10.9. The van der Waals surface area contributed by atoms with Crippen LogP contribution in [0.1, 0.15) is 56.8 Å². The van der Waals surface area contributed by atoms with Gasteiger partial charge in [-0.2, -0.15) is 0 Å². The monoisotopic (exact) mass is 499 g/mol. The first-order valence-electron chi connectivity index (χ1n) is 12.4. The average Bonchev–Trinajstić information content (AvgIpc) is 2.83. The summed E-state index contributed by atoms with van der Waals surface area (Å²) in [6.45, 7) is 8.22. The summed E-state index contributed by atoms with van der Waals surface area (Å²) in [7, 11) is 1.50. The van der Waals surface area contributed by atoms with E-state index in [4.69, 9.17) is 9.47 Å². The minimum Gasteiger partial charge on any atom is -0.495 e. The zero-order valence-corrected chi connectivity index (χ0v) is 21.5. The van der Waals surface area contributed by atoms with Gasteiger partial charge < -0.3 is 19.3 Å². The number of anilines is 1. The molecule has 10 nitrogen and oxygen atoms in total. The number of carbonyl (C=O) groups excluding carboxylic acids is 4. The average molecular weight is 500 g/mol. The maximum Gasteiger partial charge on any atom is 0.410 e. The molecule has 10 heteroatoms. The second-order valence-corrected chi connectivity index (χ2v) is 10.7. The van der Waals surface area contributed by atoms with E-state index in [1.165, 1.54) is 12.0 Å². The highest BCUT2D eigenvalue weighted by molar-refractivity contribution is 6.07. The van der Waals surface area contributed by atoms with E-state index in [1.807, 2.05) is 25.7 Å². The number of amides is 5. The molecule has 1 N–H and O–H groups in total. The number of likely N-dealkylation sites (tertiary alicyclic amines) is 2. The number of hydrogen-bond donors (Lipinski definition) is 1. The Bertz CT molecular complexity index is 1030. The van der Waals surface area contributed by atoms with Gasteiger partial charge in [-0.15, -0.1) is 0 Å². The fraction of sp³-hybridized carbons (Fsp3) is 0.577. The van der Waals surface area contributed by atoms with Gasteiger partial charge in [-0.3, -0.25) is 19.8 Å². The van der Waals surface area contributed by atoms with Gasteiger partial charge in [-0.1, -0.05) is 0 Å². The predicted molar refractivity (Wildman–Crippen MR) is 133 cm³/mol. The van der Waals surface area contributed by atoms with Gasteiger partial charge in [0, 0.05) is 44.7 Å². The van der Waals surface area contributed by atoms with Gasteiger partial charge >= 0.3 is 12.1 Å². The topological polar surface area (TPSA) is 108 Å². The van der Waals surface area contributed by atoms with Crippen molar-refractivity contribution in [3.05, 3.63) is 30.2 Å². The van der Waals surface area contributed by atoms with Crippen LogP contribution < -0.4 is 15.0 Å². The molecule has 1 spiro atoms. The Morgan fingerprint density at radius 2 is 1.67 bits per heavy atom. The highest BCUT2D eigenvalue weighted by Crippen LogP contribution is 2.41. The van der Waals surface area contributed by atoms with E-state index < -0.39 is 11.6 Å². The lowest BCUT2D eigenvalue weighted by Crippen LogP contribution is -2.50. The van der Waals surface area contributed by atoms with E-state index in [2.05, 4.69) is 11.7 Å². The van der Waals surface area contributed by atoms with Crippen molar-refractivity contribution in [1.29, 1.82) is 0 Å². The van der Waals surface area contributed by atoms with E-state index in [1.54, 1.807) is 23.1 Å². The maximum atomic E-state index is 13.3. The van der Waals surface area contributed by atoms with Crippen molar-refractivity contribution in [2.45, 2.75) is 52.1 Å². The number of urea groups is 1. The molecule has 1 radical (unpaired) electrons. The second kappa shape index (κ2) is 9.99. The summed E-state index contributed by atoms with van der Waals surface area (Å²) in [5, 5.41) is 2.31. The summed E-state index contributed by atoms with van der Waals surface area (Å²) in [5.41, 5.74) is 0.424. The van der Waals surface area contributed by atoms with Gasteiger partial charge in [0.15, 0.2) is 0 Å². The largest absolute Gasteiger partial charge is 0.495 e. The number of piperidine rings is 2. The van der Waals surface area contributed by atoms with Crippen molar-refractivity contribution in [3.63, 3.8) is 0 Å². The standard InChI is InChI=1S/C26H35N4O6/c1-25(2,3)36-24(34)29-15-10-26(11-16-29)8-13-28(14-9-26)22(32)18-5-6-20(35-4)19(17-18)30-12-7-21(31)27-23(30)33/h5-6,10,17H,7-9,11-16H2,1-4H3,(H,27,31,33). The molecule has 4 rings (SSSR count). The van der Waals surface area contributed by atoms with E-state index in [0.717, 1.165) is 19.3 Å². The van der Waals surface area contributed by atoms with Crippen molar-refractivity contribution < 1.29 is 28.7 Å². The lowest BCUT2D eigenvalue weighted by atomic mass is 9.71. The molecule has 195 valence electrons. The van der Waals surface area contributed by atoms with Crippen LogP contribution in [0.2, 0.25) is 0 Å². The Balaban J connectivity index is 1.38. The highest BCUT2D eigenvalue weighted by atomic mass is 16.6. The Morgan fingerprint density at radius 1 is 1.00 bits per heavy atom. The number of rotatable bonds is 3. The van der Waals surface area contributed by atoms with E-state index in [-0.39, 0.29) is 36.3 Å². The lowest BCUT2D eigenvalue weighted by Gasteiger charge is -2.46. The Kier molecular flexibility index (Phi) is 7.15. The quantitative estimate of drug-likeness (QED) is 0.684. The zero-order chi connectivity index (χ0) is 26.1. The second-order valence-electron chi connectivity index (χ2n) is 10.7. The SMILES string of the molecule is COc1ccc(C(=O)N2CCC3([CH]CN(C(=O)OC(C)(C)C)CC3)CC2)cc1N1CCC(=O)NC1=O. The summed E-state index contributed by atoms with van der Waals surface area (Å²) in [6, 6.07) is 4.51. The molecule has 36 heavy (non-hydrogen) atoms. The third kappa shape index (κ3) is 5.57. The molecule has 3 fully saturated rings. The number of carbonyl (C=O) groups is 4. The zero-order valence-electron chi connectivity index (χ0n) is 21.5. The highest BCUT2D eigenvalue weighted by Gasteiger charge is 2.40. The van der Waals surface area contributed by atoms with Crippen LogP contribution in [0.5, 0.6) is 5.75 Å². The molecule has 3 aliphatic heterocycles. The van der Waals surface area contributed by atoms with Gasteiger partial charge in [0.1, 0.15) is 11.4 Å². The summed E-state index contributed by atoms with van der Waals surface area (Å²) in [6.07, 6.45) is 4.63. The minimum absolute atomic E-state index is 0.0127. The molecule has 0 saturated carbocycles. The lowest BCUT2D eigenvalue weighted by molar-refractivity contribution is -0.120. The Labute approximate surface area is 211 Å². The van der Waals surface area contributed by atoms with Crippen LogP contribution in [0.15, 0.2) is 18.2 Å². The van der Waals surface area contributed by atoms with E-state index in [9.17, 15) is 19.2 Å². The van der Waals surface area contributed by atoms with Crippen molar-refractivity contribution in [1.82, 2.24) is 15.1 Å². The molecule has 3 saturated heterocycles. The first-order valence-corrected chi connectivity index (χ1v) is 12.4. The molecule has 3 heterocycles. The summed E-state index contributed by atoms with van der Waals surface area (Å²) in [5.74, 6) is 0.0341. The number of methoxy groups -OCH3 is 1. The van der Waals surface area contributed by atoms with E-state index in [0.29, 0.717) is 43.2 Å². The first-order chi connectivity index (χ1) is 17.0. The fourth-order valence-electron chi connectivity index (χ4n) is 4.97. The number of ether oxygens (including phenoxy) is 2. The van der Waals surface area contributed by atoms with Crippen LogP contribution in [0.3, 0.4) is 0 Å². The molecule has 1 aromatic carbocycles. The van der Waals surface area contributed by atoms with E-state index >= 15 is 0 Å². The number of nitrogens with zero attached hydrogens (tertiary/aromatic N) is 3. The number of benzene rings is 1. The van der Waals surface area contributed by atoms with Gasteiger partial charge in [0.2, 0.25) is 5.91 Å². The third-order valence-electron chi connectivity index (χ3n) is 7.09. The molecule has 5 amide bonds. The van der Waals surface area contributed by atoms with Crippen molar-refractivity contribution >= 4 is 29.6 Å². The molecule has 0 aliphatic carbocycles. The molecule has 0 aromatic heterocycles. The van der Waals surface area contributed by atoms with Crippen molar-refractivity contribution in [3.8, 4) is 5.75 Å². The van der Waals surface area contributed by atoms with Crippen LogP contribution >= 0.6 is 0 Å². The van der Waals surface area contributed by atoms with Crippen LogP contribution in [0, 0.1) is 11.8 Å². The summed E-state index contributed by atoms with van der Waals surface area (Å²) >= 11 is 0. The predicted octanol–water partition coefficient (Wildman–Crippen LogP) is 3.21. The molecule has 1 aromatic rings. The van der Waals surface area contributed by atoms with Gasteiger partial charge in [0.25, 0.3) is 5.91 Å². The molecular weight excluding hydrogens is 464 g/mol.